The lowest BCUT2D eigenvalue weighted by molar-refractivity contribution is -0.111. The van der Waals surface area contributed by atoms with Gasteiger partial charge in [-0.1, -0.05) is 6.07 Å². The molecule has 0 bridgehead atoms. The Morgan fingerprint density at radius 1 is 1.21 bits per heavy atom. The Balaban J connectivity index is 2.06. The maximum absolute atomic E-state index is 13.6. The van der Waals surface area contributed by atoms with Crippen LogP contribution < -0.4 is 4.74 Å². The molecule has 0 aromatic heterocycles. The number of benzene rings is 1. The smallest absolute Gasteiger partial charge is 0.387 e. The van der Waals surface area contributed by atoms with E-state index in [2.05, 4.69) is 4.74 Å². The highest BCUT2D eigenvalue weighted by Gasteiger charge is 2.23. The van der Waals surface area contributed by atoms with Crippen LogP contribution in [0.2, 0.25) is 0 Å². The van der Waals surface area contributed by atoms with Gasteiger partial charge in [-0.25, -0.2) is 4.39 Å². The fourth-order valence-corrected chi connectivity index (χ4v) is 2.55. The van der Waals surface area contributed by atoms with E-state index < -0.39 is 18.2 Å². The highest BCUT2D eigenvalue weighted by molar-refractivity contribution is 5.53. The molecule has 0 amide bonds. The van der Waals surface area contributed by atoms with E-state index in [1.165, 1.54) is 12.1 Å². The maximum atomic E-state index is 13.6. The minimum Gasteiger partial charge on any atom is -0.432 e. The summed E-state index contributed by atoms with van der Waals surface area (Å²) in [5, 5.41) is 0. The molecule has 0 aliphatic heterocycles. The second kappa shape index (κ2) is 6.08. The number of hydrogen-bond donors (Lipinski definition) is 0. The Bertz CT molecular complexity index is 440. The lowest BCUT2D eigenvalue weighted by Gasteiger charge is -2.25. The second-order valence-electron chi connectivity index (χ2n) is 4.82. The number of alkyl halides is 2. The van der Waals surface area contributed by atoms with Crippen LogP contribution in [0.15, 0.2) is 18.2 Å². The number of hydrogen-bond acceptors (Lipinski definition) is 2. The van der Waals surface area contributed by atoms with Gasteiger partial charge >= 0.3 is 6.61 Å². The van der Waals surface area contributed by atoms with Crippen LogP contribution in [0.1, 0.15) is 37.2 Å². The summed E-state index contributed by atoms with van der Waals surface area (Å²) in [6.45, 7) is -3.02. The van der Waals surface area contributed by atoms with Crippen molar-refractivity contribution in [2.45, 2.75) is 38.2 Å². The molecule has 1 aromatic rings. The molecule has 0 radical (unpaired) electrons. The van der Waals surface area contributed by atoms with Gasteiger partial charge in [-0.05, 0) is 49.3 Å². The van der Waals surface area contributed by atoms with E-state index in [1.54, 1.807) is 6.07 Å². The van der Waals surface area contributed by atoms with Gasteiger partial charge in [0.05, 0.1) is 0 Å². The minimum absolute atomic E-state index is 0.0996. The van der Waals surface area contributed by atoms with Gasteiger partial charge in [-0.15, -0.1) is 0 Å². The molecule has 0 spiro atoms. The van der Waals surface area contributed by atoms with Crippen LogP contribution in [0.5, 0.6) is 5.75 Å². The number of halogens is 3. The van der Waals surface area contributed by atoms with E-state index >= 15 is 0 Å². The molecule has 0 unspecified atom stereocenters. The normalized spacial score (nSPS) is 23.4. The summed E-state index contributed by atoms with van der Waals surface area (Å²) in [5.41, 5.74) is 0.781. The molecule has 104 valence electrons. The molecule has 1 aliphatic rings. The van der Waals surface area contributed by atoms with Crippen molar-refractivity contribution in [1.29, 1.82) is 0 Å². The Morgan fingerprint density at radius 2 is 1.89 bits per heavy atom. The third-order valence-electron chi connectivity index (χ3n) is 3.61. The Morgan fingerprint density at radius 3 is 2.42 bits per heavy atom. The van der Waals surface area contributed by atoms with Crippen molar-refractivity contribution >= 4 is 6.29 Å². The van der Waals surface area contributed by atoms with E-state index in [0.717, 1.165) is 37.5 Å². The second-order valence-corrected chi connectivity index (χ2v) is 4.82. The summed E-state index contributed by atoms with van der Waals surface area (Å²) in [7, 11) is 0. The number of rotatable bonds is 4. The molecule has 2 nitrogen and oxygen atoms in total. The Labute approximate surface area is 109 Å². The summed E-state index contributed by atoms with van der Waals surface area (Å²) >= 11 is 0. The summed E-state index contributed by atoms with van der Waals surface area (Å²) in [6.07, 6.45) is 4.20. The quantitative estimate of drug-likeness (QED) is 0.777. The maximum Gasteiger partial charge on any atom is 0.387 e. The van der Waals surface area contributed by atoms with Gasteiger partial charge in [-0.2, -0.15) is 8.78 Å². The third kappa shape index (κ3) is 3.49. The van der Waals surface area contributed by atoms with E-state index in [-0.39, 0.29) is 11.8 Å². The van der Waals surface area contributed by atoms with Crippen LogP contribution >= 0.6 is 0 Å². The van der Waals surface area contributed by atoms with Crippen LogP contribution in [0.25, 0.3) is 0 Å². The molecule has 19 heavy (non-hydrogen) atoms. The van der Waals surface area contributed by atoms with E-state index in [4.69, 9.17) is 0 Å². The van der Waals surface area contributed by atoms with E-state index in [1.807, 2.05) is 0 Å². The van der Waals surface area contributed by atoms with Crippen LogP contribution in [0, 0.1) is 11.7 Å². The fraction of sp³-hybridized carbons (Fsp3) is 0.500. The molecule has 0 saturated heterocycles. The van der Waals surface area contributed by atoms with Gasteiger partial charge in [0.1, 0.15) is 6.29 Å². The lowest BCUT2D eigenvalue weighted by atomic mass is 9.79. The van der Waals surface area contributed by atoms with Crippen LogP contribution in [0.3, 0.4) is 0 Å². The minimum atomic E-state index is -3.02. The standard InChI is InChI=1S/C14H15F3O2/c15-12-7-11(5-6-13(12)19-14(16)17)10-3-1-9(8-18)2-4-10/h5-10,14H,1-4H2. The number of ether oxygens (including phenoxy) is 1. The van der Waals surface area contributed by atoms with Crippen LogP contribution in [-0.4, -0.2) is 12.9 Å². The number of carbonyl (C=O) groups is 1. The van der Waals surface area contributed by atoms with Gasteiger partial charge in [0.15, 0.2) is 11.6 Å². The van der Waals surface area contributed by atoms with Crippen molar-refractivity contribution in [3.05, 3.63) is 29.6 Å². The van der Waals surface area contributed by atoms with Crippen molar-refractivity contribution in [2.24, 2.45) is 5.92 Å². The molecule has 1 aromatic carbocycles. The summed E-state index contributed by atoms with van der Waals surface area (Å²) < 4.78 is 41.7. The molecule has 1 aliphatic carbocycles. The number of carbonyl (C=O) groups excluding carboxylic acids is 1. The Hall–Kier alpha value is -1.52. The zero-order valence-electron chi connectivity index (χ0n) is 10.3. The monoisotopic (exact) mass is 272 g/mol. The first kappa shape index (κ1) is 13.9. The average Bonchev–Trinajstić information content (AvgIpc) is 2.41. The Kier molecular flexibility index (Phi) is 4.45. The molecule has 0 N–H and O–H groups in total. The first-order chi connectivity index (χ1) is 9.10. The highest BCUT2D eigenvalue weighted by atomic mass is 19.3. The van der Waals surface area contributed by atoms with Gasteiger partial charge < -0.3 is 9.53 Å². The van der Waals surface area contributed by atoms with Crippen molar-refractivity contribution in [3.63, 3.8) is 0 Å². The van der Waals surface area contributed by atoms with Crippen molar-refractivity contribution in [1.82, 2.24) is 0 Å². The number of aldehydes is 1. The largest absolute Gasteiger partial charge is 0.432 e. The summed E-state index contributed by atoms with van der Waals surface area (Å²) in [4.78, 5) is 10.7. The van der Waals surface area contributed by atoms with E-state index in [0.29, 0.717) is 0 Å². The lowest BCUT2D eigenvalue weighted by Crippen LogP contribution is -2.14. The van der Waals surface area contributed by atoms with Gasteiger partial charge in [0.25, 0.3) is 0 Å². The first-order valence-electron chi connectivity index (χ1n) is 6.29. The first-order valence-corrected chi connectivity index (χ1v) is 6.29. The van der Waals surface area contributed by atoms with Crippen LogP contribution in [0.4, 0.5) is 13.2 Å². The topological polar surface area (TPSA) is 26.3 Å². The SMILES string of the molecule is O=CC1CCC(c2ccc(OC(F)F)c(F)c2)CC1. The van der Waals surface area contributed by atoms with Gasteiger partial charge in [-0.3, -0.25) is 0 Å². The summed E-state index contributed by atoms with van der Waals surface area (Å²) in [6, 6.07) is 4.11. The molecule has 1 fully saturated rings. The molecule has 0 atom stereocenters. The zero-order chi connectivity index (χ0) is 13.8. The van der Waals surface area contributed by atoms with Crippen LogP contribution in [-0.2, 0) is 4.79 Å². The molecule has 0 heterocycles. The predicted octanol–water partition coefficient (Wildman–Crippen LogP) is 3.90. The van der Waals surface area contributed by atoms with Crippen molar-refractivity contribution < 1.29 is 22.7 Å². The molecule has 2 rings (SSSR count). The van der Waals surface area contributed by atoms with Gasteiger partial charge in [0, 0.05) is 5.92 Å². The van der Waals surface area contributed by atoms with Crippen molar-refractivity contribution in [2.75, 3.05) is 0 Å². The molecular weight excluding hydrogens is 257 g/mol. The third-order valence-corrected chi connectivity index (χ3v) is 3.61. The predicted molar refractivity (Wildman–Crippen MR) is 63.8 cm³/mol. The average molecular weight is 272 g/mol. The molecular formula is C14H15F3O2. The van der Waals surface area contributed by atoms with E-state index in [9.17, 15) is 18.0 Å². The molecule has 5 heteroatoms. The van der Waals surface area contributed by atoms with Gasteiger partial charge in [0.2, 0.25) is 0 Å². The zero-order valence-corrected chi connectivity index (χ0v) is 10.3. The van der Waals surface area contributed by atoms with Crippen molar-refractivity contribution in [3.8, 4) is 5.75 Å². The highest BCUT2D eigenvalue weighted by Crippen LogP contribution is 2.36. The fourth-order valence-electron chi connectivity index (χ4n) is 2.55. The molecule has 1 saturated carbocycles. The summed E-state index contributed by atoms with van der Waals surface area (Å²) in [5.74, 6) is -0.913.